The predicted molar refractivity (Wildman–Crippen MR) is 96.8 cm³/mol. The molecule has 150 valence electrons. The van der Waals surface area contributed by atoms with Crippen molar-refractivity contribution in [2.45, 2.75) is 52.2 Å². The fraction of sp³-hybridized carbons (Fsp3) is 0.450. The molecule has 1 aliphatic heterocycles. The zero-order valence-electron chi connectivity index (χ0n) is 16.3. The van der Waals surface area contributed by atoms with Crippen LogP contribution in [0.5, 0.6) is 17.2 Å². The first-order valence-electron chi connectivity index (χ1n) is 8.85. The minimum absolute atomic E-state index is 0.00907. The van der Waals surface area contributed by atoms with E-state index in [9.17, 15) is 29.7 Å². The van der Waals surface area contributed by atoms with Gasteiger partial charge in [0.2, 0.25) is 5.79 Å². The summed E-state index contributed by atoms with van der Waals surface area (Å²) in [6, 6.07) is 0. The zero-order chi connectivity index (χ0) is 21.2. The van der Waals surface area contributed by atoms with Crippen LogP contribution in [0.4, 0.5) is 0 Å². The molecule has 2 atom stereocenters. The Labute approximate surface area is 161 Å². The Hall–Kier alpha value is -2.87. The number of hydrogen-bond donors (Lipinski definition) is 3. The number of aromatic hydroxyl groups is 2. The molecular formula is C20H22O8. The smallest absolute Gasteiger partial charge is 0.234 e. The van der Waals surface area contributed by atoms with Crippen molar-refractivity contribution in [3.63, 3.8) is 0 Å². The second-order valence-electron chi connectivity index (χ2n) is 7.25. The minimum atomic E-state index is -1.79. The summed E-state index contributed by atoms with van der Waals surface area (Å²) in [6.07, 6.45) is -0.415. The number of phenols is 2. The molecule has 1 aromatic rings. The van der Waals surface area contributed by atoms with Gasteiger partial charge < -0.3 is 24.8 Å². The van der Waals surface area contributed by atoms with E-state index in [0.717, 1.165) is 6.92 Å². The van der Waals surface area contributed by atoms with E-state index in [1.54, 1.807) is 6.92 Å². The summed E-state index contributed by atoms with van der Waals surface area (Å²) in [7, 11) is 0. The van der Waals surface area contributed by atoms with Crippen molar-refractivity contribution in [1.82, 2.24) is 0 Å². The van der Waals surface area contributed by atoms with Gasteiger partial charge in [0.1, 0.15) is 34.0 Å². The number of aliphatic hydroxyl groups excluding tert-OH is 1. The number of aliphatic hydroxyl groups is 1. The highest BCUT2D eigenvalue weighted by Gasteiger charge is 2.68. The number of carbonyl (C=O) groups is 3. The van der Waals surface area contributed by atoms with Crippen LogP contribution in [0, 0.1) is 6.92 Å². The van der Waals surface area contributed by atoms with E-state index in [1.807, 2.05) is 0 Å². The van der Waals surface area contributed by atoms with E-state index in [-0.39, 0.29) is 29.0 Å². The second kappa shape index (κ2) is 6.07. The van der Waals surface area contributed by atoms with Crippen molar-refractivity contribution in [2.75, 3.05) is 6.61 Å². The molecule has 0 saturated heterocycles. The molecule has 0 fully saturated rings. The highest BCUT2D eigenvalue weighted by Crippen LogP contribution is 2.63. The van der Waals surface area contributed by atoms with E-state index < -0.39 is 57.8 Å². The van der Waals surface area contributed by atoms with E-state index in [2.05, 4.69) is 0 Å². The highest BCUT2D eigenvalue weighted by molar-refractivity contribution is 6.21. The monoisotopic (exact) mass is 390 g/mol. The van der Waals surface area contributed by atoms with Crippen LogP contribution in [-0.4, -0.2) is 45.1 Å². The SMILES string of the molecule is CCO[C@@]12CC(=O)C(C(C)=O)=C(O)[C@]1(C)c1c(O)c(C)c(O)c(C(C)=O)c1O2. The molecule has 3 rings (SSSR count). The van der Waals surface area contributed by atoms with E-state index in [0.29, 0.717) is 0 Å². The first-order valence-corrected chi connectivity index (χ1v) is 8.85. The zero-order valence-corrected chi connectivity index (χ0v) is 16.3. The molecule has 1 heterocycles. The lowest BCUT2D eigenvalue weighted by Gasteiger charge is -2.44. The molecule has 0 amide bonds. The fourth-order valence-corrected chi connectivity index (χ4v) is 4.19. The molecule has 3 N–H and O–H groups in total. The number of phenolic OH excluding ortho intramolecular Hbond substituents is 2. The van der Waals surface area contributed by atoms with Crippen LogP contribution < -0.4 is 4.74 Å². The van der Waals surface area contributed by atoms with Crippen molar-refractivity contribution in [3.05, 3.63) is 28.0 Å². The Morgan fingerprint density at radius 2 is 1.75 bits per heavy atom. The third-order valence-electron chi connectivity index (χ3n) is 5.63. The summed E-state index contributed by atoms with van der Waals surface area (Å²) in [4.78, 5) is 36.9. The number of ketones is 3. The third-order valence-corrected chi connectivity index (χ3v) is 5.63. The van der Waals surface area contributed by atoms with Crippen LogP contribution in [-0.2, 0) is 19.7 Å². The Morgan fingerprint density at radius 1 is 1.14 bits per heavy atom. The summed E-state index contributed by atoms with van der Waals surface area (Å²) in [5, 5.41) is 32.2. The number of carbonyl (C=O) groups excluding carboxylic acids is 3. The van der Waals surface area contributed by atoms with Gasteiger partial charge in [-0.25, -0.2) is 0 Å². The molecule has 0 bridgehead atoms. The molecule has 0 spiro atoms. The standard InChI is InChI=1S/C20H22O8/c1-6-27-20-7-11(23)12(9(3)21)18(26)19(20,5)14-16(25)8(2)15(24)13(10(4)22)17(14)28-20/h24-26H,6-7H2,1-5H3/t19-,20+/m0/s1. The van der Waals surface area contributed by atoms with Crippen LogP contribution in [0.1, 0.15) is 55.6 Å². The predicted octanol–water partition coefficient (Wildman–Crippen LogP) is 2.37. The molecule has 1 aromatic carbocycles. The number of allylic oxidation sites excluding steroid dienone is 1. The van der Waals surface area contributed by atoms with E-state index >= 15 is 0 Å². The summed E-state index contributed by atoms with van der Waals surface area (Å²) < 4.78 is 11.7. The van der Waals surface area contributed by atoms with Gasteiger partial charge in [-0.1, -0.05) is 0 Å². The number of Topliss-reactive ketones (excluding diaryl/α,β-unsaturated/α-hetero) is 3. The van der Waals surface area contributed by atoms with Crippen molar-refractivity contribution in [1.29, 1.82) is 0 Å². The maximum absolute atomic E-state index is 12.6. The quantitative estimate of drug-likeness (QED) is 0.528. The fourth-order valence-electron chi connectivity index (χ4n) is 4.19. The molecule has 8 nitrogen and oxygen atoms in total. The molecule has 2 aliphatic rings. The first-order chi connectivity index (χ1) is 12.9. The molecule has 0 unspecified atom stereocenters. The molecule has 0 aromatic heterocycles. The topological polar surface area (TPSA) is 130 Å². The van der Waals surface area contributed by atoms with Gasteiger partial charge in [0.05, 0.1) is 17.6 Å². The van der Waals surface area contributed by atoms with E-state index in [1.165, 1.54) is 20.8 Å². The van der Waals surface area contributed by atoms with Crippen LogP contribution in [0.3, 0.4) is 0 Å². The van der Waals surface area contributed by atoms with Crippen LogP contribution in [0.25, 0.3) is 0 Å². The van der Waals surface area contributed by atoms with Gasteiger partial charge in [0, 0.05) is 12.2 Å². The Kier molecular flexibility index (Phi) is 4.31. The normalized spacial score (nSPS) is 26.0. The lowest BCUT2D eigenvalue weighted by Crippen LogP contribution is -2.58. The van der Waals surface area contributed by atoms with Crippen LogP contribution in [0.15, 0.2) is 11.3 Å². The largest absolute Gasteiger partial charge is 0.510 e. The molecule has 28 heavy (non-hydrogen) atoms. The molecule has 0 saturated carbocycles. The molecular weight excluding hydrogens is 368 g/mol. The maximum atomic E-state index is 12.6. The van der Waals surface area contributed by atoms with Crippen molar-refractivity contribution < 1.29 is 39.2 Å². The summed E-state index contributed by atoms with van der Waals surface area (Å²) in [5.41, 5.74) is -2.24. The van der Waals surface area contributed by atoms with Crippen LogP contribution >= 0.6 is 0 Å². The van der Waals surface area contributed by atoms with E-state index in [4.69, 9.17) is 9.47 Å². The lowest BCUT2D eigenvalue weighted by atomic mass is 9.66. The number of rotatable bonds is 4. The van der Waals surface area contributed by atoms with Crippen molar-refractivity contribution in [3.8, 4) is 17.2 Å². The van der Waals surface area contributed by atoms with Gasteiger partial charge in [-0.15, -0.1) is 0 Å². The first kappa shape index (κ1) is 19.9. The third kappa shape index (κ3) is 2.18. The van der Waals surface area contributed by atoms with Gasteiger partial charge in [0.25, 0.3) is 0 Å². The average Bonchev–Trinajstić information content (AvgIpc) is 2.82. The Bertz CT molecular complexity index is 973. The van der Waals surface area contributed by atoms with Gasteiger partial charge in [0.15, 0.2) is 17.3 Å². The number of benzene rings is 1. The number of ether oxygens (including phenoxy) is 2. The number of fused-ring (bicyclic) bond motifs is 3. The summed E-state index contributed by atoms with van der Waals surface area (Å²) in [6.45, 7) is 6.98. The van der Waals surface area contributed by atoms with Crippen molar-refractivity contribution >= 4 is 17.3 Å². The Morgan fingerprint density at radius 3 is 2.25 bits per heavy atom. The summed E-state index contributed by atoms with van der Waals surface area (Å²) in [5.74, 6) is -5.27. The van der Waals surface area contributed by atoms with Crippen LogP contribution in [0.2, 0.25) is 0 Å². The number of hydrogen-bond acceptors (Lipinski definition) is 8. The van der Waals surface area contributed by atoms with Crippen molar-refractivity contribution in [2.24, 2.45) is 0 Å². The molecule has 8 heteroatoms. The maximum Gasteiger partial charge on any atom is 0.234 e. The second-order valence-corrected chi connectivity index (χ2v) is 7.25. The summed E-state index contributed by atoms with van der Waals surface area (Å²) >= 11 is 0. The van der Waals surface area contributed by atoms with Gasteiger partial charge in [-0.05, 0) is 34.6 Å². The van der Waals surface area contributed by atoms with Gasteiger partial charge >= 0.3 is 0 Å². The molecule has 1 aliphatic carbocycles. The molecule has 0 radical (unpaired) electrons. The van der Waals surface area contributed by atoms with Gasteiger partial charge in [-0.2, -0.15) is 0 Å². The average molecular weight is 390 g/mol. The Balaban J connectivity index is 2.51. The lowest BCUT2D eigenvalue weighted by molar-refractivity contribution is -0.212. The minimum Gasteiger partial charge on any atom is -0.510 e. The van der Waals surface area contributed by atoms with Gasteiger partial charge in [-0.3, -0.25) is 14.4 Å². The highest BCUT2D eigenvalue weighted by atomic mass is 16.7.